The highest BCUT2D eigenvalue weighted by Crippen LogP contribution is 2.51. The first-order chi connectivity index (χ1) is 17.8. The molecular formula is C34H59NO2S. The predicted octanol–water partition coefficient (Wildman–Crippen LogP) is 9.43. The van der Waals surface area contributed by atoms with E-state index in [1.807, 2.05) is 0 Å². The van der Waals surface area contributed by atoms with E-state index in [4.69, 9.17) is 4.74 Å². The van der Waals surface area contributed by atoms with E-state index in [0.29, 0.717) is 17.7 Å². The third kappa shape index (κ3) is 9.01. The molecule has 0 radical (unpaired) electrons. The first-order valence-electron chi connectivity index (χ1n) is 15.4. The average molecular weight is 546 g/mol. The number of fused-ring (bicyclic) bond motifs is 2. The van der Waals surface area contributed by atoms with Crippen LogP contribution in [0.5, 0.6) is 0 Å². The van der Waals surface area contributed by atoms with Gasteiger partial charge in [0.1, 0.15) is 0 Å². The van der Waals surface area contributed by atoms with E-state index in [9.17, 15) is 4.79 Å². The minimum Gasteiger partial charge on any atom is -0.375 e. The second-order valence-electron chi connectivity index (χ2n) is 13.4. The lowest BCUT2D eigenvalue weighted by atomic mass is 9.65. The van der Waals surface area contributed by atoms with Crippen molar-refractivity contribution in [2.24, 2.45) is 17.3 Å². The van der Waals surface area contributed by atoms with Gasteiger partial charge in [0.05, 0.1) is 5.60 Å². The van der Waals surface area contributed by atoms with Crippen LogP contribution in [0.25, 0.3) is 0 Å². The van der Waals surface area contributed by atoms with Crippen LogP contribution in [0, 0.1) is 17.3 Å². The quantitative estimate of drug-likeness (QED) is 0.174. The van der Waals surface area contributed by atoms with E-state index >= 15 is 0 Å². The number of thioether (sulfide) groups is 1. The molecule has 1 fully saturated rings. The van der Waals surface area contributed by atoms with Crippen LogP contribution in [0.2, 0.25) is 0 Å². The van der Waals surface area contributed by atoms with Crippen molar-refractivity contribution in [1.29, 1.82) is 0 Å². The number of rotatable bonds is 18. The summed E-state index contributed by atoms with van der Waals surface area (Å²) >= 11 is 2.15. The van der Waals surface area contributed by atoms with Gasteiger partial charge >= 0.3 is 0 Å². The zero-order valence-electron chi connectivity index (χ0n) is 26.3. The van der Waals surface area contributed by atoms with Crippen LogP contribution < -0.4 is 5.32 Å². The fraction of sp³-hybridized carbons (Fsp3) is 0.794. The number of amides is 1. The van der Waals surface area contributed by atoms with E-state index in [0.717, 1.165) is 56.6 Å². The lowest BCUT2D eigenvalue weighted by molar-refractivity contribution is -0.117. The topological polar surface area (TPSA) is 38.3 Å². The van der Waals surface area contributed by atoms with Crippen LogP contribution >= 0.6 is 11.8 Å². The van der Waals surface area contributed by atoms with Gasteiger partial charge in [-0.05, 0) is 88.5 Å². The molecule has 3 nitrogen and oxygen atoms in total. The summed E-state index contributed by atoms with van der Waals surface area (Å²) in [5, 5.41) is 3.70. The van der Waals surface area contributed by atoms with Crippen LogP contribution in [0.4, 0.5) is 0 Å². The van der Waals surface area contributed by atoms with Gasteiger partial charge in [-0.3, -0.25) is 4.79 Å². The van der Waals surface area contributed by atoms with Gasteiger partial charge < -0.3 is 10.1 Å². The van der Waals surface area contributed by atoms with Crippen molar-refractivity contribution in [2.45, 2.75) is 142 Å². The molecule has 0 saturated heterocycles. The third-order valence-corrected chi connectivity index (χ3v) is 11.4. The molecule has 2 aliphatic rings. The summed E-state index contributed by atoms with van der Waals surface area (Å²) in [4.78, 5) is 12.7. The van der Waals surface area contributed by atoms with E-state index < -0.39 is 0 Å². The van der Waals surface area contributed by atoms with Crippen LogP contribution in [0.1, 0.15) is 127 Å². The van der Waals surface area contributed by atoms with Crippen molar-refractivity contribution in [3.05, 3.63) is 35.5 Å². The summed E-state index contributed by atoms with van der Waals surface area (Å²) in [5.41, 5.74) is 3.71. The first-order valence-corrected chi connectivity index (χ1v) is 16.3. The van der Waals surface area contributed by atoms with Crippen molar-refractivity contribution < 1.29 is 9.53 Å². The molecule has 38 heavy (non-hydrogen) atoms. The van der Waals surface area contributed by atoms with Crippen molar-refractivity contribution in [3.8, 4) is 0 Å². The average Bonchev–Trinajstić information content (AvgIpc) is 3.15. The van der Waals surface area contributed by atoms with Gasteiger partial charge in [0.15, 0.2) is 0 Å². The second-order valence-corrected chi connectivity index (χ2v) is 15.3. The van der Waals surface area contributed by atoms with Gasteiger partial charge in [-0.15, -0.1) is 6.58 Å². The van der Waals surface area contributed by atoms with Gasteiger partial charge in [-0.25, -0.2) is 0 Å². The first kappa shape index (κ1) is 33.2. The Labute approximate surface area is 240 Å². The summed E-state index contributed by atoms with van der Waals surface area (Å²) in [5.74, 6) is 1.54. The number of hydrogen-bond donors (Lipinski definition) is 1. The molecule has 0 aromatic carbocycles. The normalized spacial score (nSPS) is 20.0. The molecule has 0 aromatic rings. The summed E-state index contributed by atoms with van der Waals surface area (Å²) in [6.45, 7) is 26.6. The molecule has 0 aromatic heterocycles. The Morgan fingerprint density at radius 1 is 1.13 bits per heavy atom. The second kappa shape index (κ2) is 14.6. The number of carbonyl (C=O) groups excluding carboxylic acids is 1. The monoisotopic (exact) mass is 545 g/mol. The molecule has 1 amide bonds. The zero-order valence-corrected chi connectivity index (χ0v) is 27.1. The van der Waals surface area contributed by atoms with Crippen molar-refractivity contribution in [3.63, 3.8) is 0 Å². The van der Waals surface area contributed by atoms with Crippen molar-refractivity contribution in [2.75, 3.05) is 13.2 Å². The Kier molecular flexibility index (Phi) is 12.7. The molecule has 4 atom stereocenters. The highest BCUT2D eigenvalue weighted by Gasteiger charge is 2.43. The fourth-order valence-electron chi connectivity index (χ4n) is 6.66. The number of carbonyl (C=O) groups is 1. The molecule has 1 unspecified atom stereocenters. The molecule has 4 heteroatoms. The summed E-state index contributed by atoms with van der Waals surface area (Å²) in [6.07, 6.45) is 15.2. The summed E-state index contributed by atoms with van der Waals surface area (Å²) in [7, 11) is 0. The summed E-state index contributed by atoms with van der Waals surface area (Å²) in [6, 6.07) is 0. The van der Waals surface area contributed by atoms with Crippen LogP contribution in [-0.2, 0) is 9.53 Å². The lowest BCUT2D eigenvalue weighted by Crippen LogP contribution is -2.42. The Morgan fingerprint density at radius 3 is 2.42 bits per heavy atom. The van der Waals surface area contributed by atoms with E-state index in [-0.39, 0.29) is 21.7 Å². The van der Waals surface area contributed by atoms with Crippen molar-refractivity contribution in [1.82, 2.24) is 5.32 Å². The maximum Gasteiger partial charge on any atom is 0.251 e. The van der Waals surface area contributed by atoms with Crippen LogP contribution in [0.15, 0.2) is 35.5 Å². The van der Waals surface area contributed by atoms with Gasteiger partial charge in [0, 0.05) is 28.7 Å². The Hall–Kier alpha value is -1.00. The SMILES string of the molecule is C=CC[C@H](SC(C)(C)CCOC(C)(C)CCNC(=O)C1=C2CCCC(=C1)C2)C(C)(CC)[C@H](CC)[C@H](C)CC. The zero-order chi connectivity index (χ0) is 28.6. The van der Waals surface area contributed by atoms with E-state index in [1.54, 1.807) is 0 Å². The predicted molar refractivity (Wildman–Crippen MR) is 168 cm³/mol. The number of allylic oxidation sites excluding steroid dienone is 3. The summed E-state index contributed by atoms with van der Waals surface area (Å²) < 4.78 is 6.53. The highest BCUT2D eigenvalue weighted by molar-refractivity contribution is 8.01. The molecule has 2 rings (SSSR count). The molecular weight excluding hydrogens is 486 g/mol. The Morgan fingerprint density at radius 2 is 1.84 bits per heavy atom. The van der Waals surface area contributed by atoms with Crippen LogP contribution in [-0.4, -0.2) is 34.7 Å². The molecule has 0 aliphatic heterocycles. The fourth-order valence-corrected chi connectivity index (χ4v) is 8.48. The molecule has 1 saturated carbocycles. The minimum atomic E-state index is -0.266. The third-order valence-electron chi connectivity index (χ3n) is 9.56. The van der Waals surface area contributed by atoms with E-state index in [1.165, 1.54) is 36.8 Å². The Balaban J connectivity index is 1.89. The molecule has 0 heterocycles. The maximum atomic E-state index is 12.7. The number of hydrogen-bond acceptors (Lipinski definition) is 3. The highest BCUT2D eigenvalue weighted by atomic mass is 32.2. The van der Waals surface area contributed by atoms with Crippen LogP contribution in [0.3, 0.4) is 0 Å². The number of nitrogens with one attached hydrogen (secondary N) is 1. The maximum absolute atomic E-state index is 12.7. The molecule has 2 bridgehead atoms. The largest absolute Gasteiger partial charge is 0.375 e. The van der Waals surface area contributed by atoms with Gasteiger partial charge in [0.25, 0.3) is 5.91 Å². The molecule has 1 N–H and O–H groups in total. The van der Waals surface area contributed by atoms with E-state index in [2.05, 4.69) is 98.1 Å². The standard InChI is InChI=1S/C34H59NO2S/c1-11-16-30(34(10,14-4)29(13-3)25(5)12-2)38-33(8,9)20-22-37-32(6,7)19-21-35-31(36)28-24-26-17-15-18-27(28)23-26/h11,24-25,29-30H,1,12-23H2,2-10H3,(H,35,36)/t25-,29-,30+,34?/m1/s1. The Bertz CT molecular complexity index is 855. The molecule has 218 valence electrons. The van der Waals surface area contributed by atoms with Gasteiger partial charge in [-0.2, -0.15) is 11.8 Å². The minimum absolute atomic E-state index is 0.0974. The van der Waals surface area contributed by atoms with Crippen molar-refractivity contribution >= 4 is 17.7 Å². The smallest absolute Gasteiger partial charge is 0.251 e. The molecule has 2 aliphatic carbocycles. The van der Waals surface area contributed by atoms with Gasteiger partial charge in [-0.1, -0.05) is 78.5 Å². The molecule has 0 spiro atoms. The van der Waals surface area contributed by atoms with Gasteiger partial charge in [0.2, 0.25) is 0 Å². The number of ether oxygens (including phenoxy) is 1. The lowest BCUT2D eigenvalue weighted by Gasteiger charge is -2.47.